The van der Waals surface area contributed by atoms with Gasteiger partial charge in [0.05, 0.1) is 5.69 Å². The minimum atomic E-state index is -0.212. The van der Waals surface area contributed by atoms with Crippen LogP contribution in [0.3, 0.4) is 0 Å². The normalized spacial score (nSPS) is 13.9. The zero-order valence-corrected chi connectivity index (χ0v) is 13.5. The third-order valence-corrected chi connectivity index (χ3v) is 3.95. The van der Waals surface area contributed by atoms with Crippen LogP contribution in [-0.4, -0.2) is 26.1 Å². The molecule has 6 nitrogen and oxygen atoms in total. The minimum absolute atomic E-state index is 0.212. The van der Waals surface area contributed by atoms with Crippen molar-refractivity contribution in [1.82, 2.24) is 20.2 Å². The van der Waals surface area contributed by atoms with Crippen molar-refractivity contribution in [2.24, 2.45) is 0 Å². The summed E-state index contributed by atoms with van der Waals surface area (Å²) in [6.07, 6.45) is 7.18. The van der Waals surface area contributed by atoms with Gasteiger partial charge in [-0.1, -0.05) is 18.2 Å². The zero-order valence-electron chi connectivity index (χ0n) is 13.5. The van der Waals surface area contributed by atoms with Crippen molar-refractivity contribution >= 4 is 17.7 Å². The number of aromatic amines is 1. The van der Waals surface area contributed by atoms with E-state index >= 15 is 0 Å². The highest BCUT2D eigenvalue weighted by atomic mass is 16.1. The smallest absolute Gasteiger partial charge is 0.248 e. The number of nitrogens with zero attached hydrogens (tertiary/aromatic N) is 3. The highest BCUT2D eigenvalue weighted by Gasteiger charge is 2.27. The zero-order chi connectivity index (χ0) is 17.1. The SMILES string of the molecule is O=C(/C=C\c1ccccn1)Nc1cccc(-c2n[nH]c(C3CC3)n2)c1. The first kappa shape index (κ1) is 15.3. The molecule has 2 N–H and O–H groups in total. The highest BCUT2D eigenvalue weighted by molar-refractivity contribution is 6.02. The van der Waals surface area contributed by atoms with Gasteiger partial charge in [0.2, 0.25) is 5.91 Å². The number of amides is 1. The van der Waals surface area contributed by atoms with Gasteiger partial charge in [0, 0.05) is 29.4 Å². The molecule has 6 heteroatoms. The molecule has 1 saturated carbocycles. The summed E-state index contributed by atoms with van der Waals surface area (Å²) in [6.45, 7) is 0. The molecule has 1 fully saturated rings. The van der Waals surface area contributed by atoms with Gasteiger partial charge < -0.3 is 5.32 Å². The van der Waals surface area contributed by atoms with Crippen molar-refractivity contribution in [3.63, 3.8) is 0 Å². The van der Waals surface area contributed by atoms with Gasteiger partial charge in [-0.05, 0) is 43.2 Å². The molecular weight excluding hydrogens is 314 g/mol. The number of nitrogens with one attached hydrogen (secondary N) is 2. The quantitative estimate of drug-likeness (QED) is 0.702. The van der Waals surface area contributed by atoms with Crippen molar-refractivity contribution in [3.8, 4) is 11.4 Å². The lowest BCUT2D eigenvalue weighted by Gasteiger charge is -2.03. The van der Waals surface area contributed by atoms with Crippen molar-refractivity contribution in [2.45, 2.75) is 18.8 Å². The first-order chi connectivity index (χ1) is 12.3. The number of H-pyrrole nitrogens is 1. The van der Waals surface area contributed by atoms with Crippen LogP contribution in [0.4, 0.5) is 5.69 Å². The largest absolute Gasteiger partial charge is 0.322 e. The molecule has 0 spiro atoms. The number of carbonyl (C=O) groups excluding carboxylic acids is 1. The van der Waals surface area contributed by atoms with Gasteiger partial charge in [-0.3, -0.25) is 14.9 Å². The lowest BCUT2D eigenvalue weighted by atomic mass is 10.2. The Labute approximate surface area is 145 Å². The Morgan fingerprint density at radius 2 is 2.12 bits per heavy atom. The summed E-state index contributed by atoms with van der Waals surface area (Å²) in [6, 6.07) is 13.1. The van der Waals surface area contributed by atoms with Gasteiger partial charge in [0.1, 0.15) is 5.82 Å². The van der Waals surface area contributed by atoms with Crippen LogP contribution in [0.1, 0.15) is 30.3 Å². The number of hydrogen-bond acceptors (Lipinski definition) is 4. The molecule has 2 heterocycles. The van der Waals surface area contributed by atoms with E-state index in [-0.39, 0.29) is 5.91 Å². The molecule has 0 bridgehead atoms. The Morgan fingerprint density at radius 1 is 1.20 bits per heavy atom. The number of anilines is 1. The fraction of sp³-hybridized carbons (Fsp3) is 0.158. The van der Waals surface area contributed by atoms with Crippen molar-refractivity contribution in [2.75, 3.05) is 5.32 Å². The monoisotopic (exact) mass is 331 g/mol. The Kier molecular flexibility index (Phi) is 4.08. The second-order valence-electron chi connectivity index (χ2n) is 5.98. The lowest BCUT2D eigenvalue weighted by Crippen LogP contribution is -2.07. The Bertz CT molecular complexity index is 912. The van der Waals surface area contributed by atoms with E-state index < -0.39 is 0 Å². The van der Waals surface area contributed by atoms with E-state index in [0.717, 1.165) is 17.1 Å². The summed E-state index contributed by atoms with van der Waals surface area (Å²) >= 11 is 0. The van der Waals surface area contributed by atoms with Gasteiger partial charge in [0.15, 0.2) is 5.82 Å². The Morgan fingerprint density at radius 3 is 2.92 bits per heavy atom. The third-order valence-electron chi connectivity index (χ3n) is 3.95. The van der Waals surface area contributed by atoms with Crippen LogP contribution >= 0.6 is 0 Å². The molecule has 4 rings (SSSR count). The average Bonchev–Trinajstić information content (AvgIpc) is 3.38. The highest BCUT2D eigenvalue weighted by Crippen LogP contribution is 2.38. The molecule has 0 radical (unpaired) electrons. The molecule has 0 saturated heterocycles. The van der Waals surface area contributed by atoms with Gasteiger partial charge in [0.25, 0.3) is 0 Å². The molecule has 1 aromatic carbocycles. The number of benzene rings is 1. The summed E-state index contributed by atoms with van der Waals surface area (Å²) < 4.78 is 0. The predicted molar refractivity (Wildman–Crippen MR) is 95.7 cm³/mol. The van der Waals surface area contributed by atoms with E-state index in [9.17, 15) is 4.79 Å². The molecule has 1 amide bonds. The van der Waals surface area contributed by atoms with E-state index in [2.05, 4.69) is 25.5 Å². The second kappa shape index (κ2) is 6.68. The molecule has 0 unspecified atom stereocenters. The fourth-order valence-corrected chi connectivity index (χ4v) is 2.50. The summed E-state index contributed by atoms with van der Waals surface area (Å²) in [5.74, 6) is 1.92. The van der Waals surface area contributed by atoms with Crippen LogP contribution in [-0.2, 0) is 4.79 Å². The maximum Gasteiger partial charge on any atom is 0.248 e. The van der Waals surface area contributed by atoms with Crippen molar-refractivity contribution < 1.29 is 4.79 Å². The van der Waals surface area contributed by atoms with E-state index in [1.54, 1.807) is 12.3 Å². The molecule has 3 aromatic rings. The molecule has 1 aliphatic rings. The lowest BCUT2D eigenvalue weighted by molar-refractivity contribution is -0.111. The molecule has 0 aliphatic heterocycles. The Hall–Kier alpha value is -3.28. The van der Waals surface area contributed by atoms with Crippen LogP contribution in [0.15, 0.2) is 54.7 Å². The van der Waals surface area contributed by atoms with Crippen LogP contribution in [0.25, 0.3) is 17.5 Å². The maximum atomic E-state index is 12.1. The van der Waals surface area contributed by atoms with Gasteiger partial charge in [-0.15, -0.1) is 0 Å². The maximum absolute atomic E-state index is 12.1. The van der Waals surface area contributed by atoms with Crippen LogP contribution in [0.5, 0.6) is 0 Å². The summed E-state index contributed by atoms with van der Waals surface area (Å²) in [5, 5.41) is 10.1. The first-order valence-corrected chi connectivity index (χ1v) is 8.21. The predicted octanol–water partition coefficient (Wildman–Crippen LogP) is 3.40. The van der Waals surface area contributed by atoms with Crippen LogP contribution in [0, 0.1) is 0 Å². The molecule has 0 atom stereocenters. The van der Waals surface area contributed by atoms with Crippen molar-refractivity contribution in [1.29, 1.82) is 0 Å². The third kappa shape index (κ3) is 3.80. The standard InChI is InChI=1S/C19H17N5O/c25-17(10-9-15-5-1-2-11-20-15)21-16-6-3-4-14(12-16)19-22-18(23-24-19)13-7-8-13/h1-6,9-13H,7-8H2,(H,21,25)(H,22,23,24)/b10-9-. The van der Waals surface area contributed by atoms with E-state index in [1.807, 2.05) is 42.5 Å². The van der Waals surface area contributed by atoms with Crippen LogP contribution < -0.4 is 5.32 Å². The first-order valence-electron chi connectivity index (χ1n) is 8.21. The molecule has 2 aromatic heterocycles. The Balaban J connectivity index is 1.45. The number of pyridine rings is 1. The minimum Gasteiger partial charge on any atom is -0.322 e. The number of carbonyl (C=O) groups is 1. The number of aromatic nitrogens is 4. The summed E-state index contributed by atoms with van der Waals surface area (Å²) in [4.78, 5) is 20.8. The molecule has 1 aliphatic carbocycles. The summed E-state index contributed by atoms with van der Waals surface area (Å²) in [5.41, 5.74) is 2.31. The van der Waals surface area contributed by atoms with Crippen molar-refractivity contribution in [3.05, 3.63) is 66.3 Å². The number of rotatable bonds is 5. The second-order valence-corrected chi connectivity index (χ2v) is 5.98. The van der Waals surface area contributed by atoms with Gasteiger partial charge >= 0.3 is 0 Å². The van der Waals surface area contributed by atoms with E-state index in [1.165, 1.54) is 18.9 Å². The summed E-state index contributed by atoms with van der Waals surface area (Å²) in [7, 11) is 0. The van der Waals surface area contributed by atoms with Gasteiger partial charge in [-0.2, -0.15) is 5.10 Å². The molecule has 124 valence electrons. The fourth-order valence-electron chi connectivity index (χ4n) is 2.50. The van der Waals surface area contributed by atoms with E-state index in [0.29, 0.717) is 17.4 Å². The average molecular weight is 331 g/mol. The molecule has 25 heavy (non-hydrogen) atoms. The number of hydrogen-bond donors (Lipinski definition) is 2. The topological polar surface area (TPSA) is 83.6 Å². The van der Waals surface area contributed by atoms with E-state index in [4.69, 9.17) is 0 Å². The van der Waals surface area contributed by atoms with Crippen LogP contribution in [0.2, 0.25) is 0 Å². The molecular formula is C19H17N5O. The van der Waals surface area contributed by atoms with Gasteiger partial charge in [-0.25, -0.2) is 4.98 Å².